The number of benzene rings is 3. The third-order valence-corrected chi connectivity index (χ3v) is 4.01. The fourth-order valence-corrected chi connectivity index (χ4v) is 2.55. The number of carboxylic acid groups (broad SMARTS) is 1. The second kappa shape index (κ2) is 8.88. The molecule has 3 rings (SSSR count). The summed E-state index contributed by atoms with van der Waals surface area (Å²) < 4.78 is 5.70. The summed E-state index contributed by atoms with van der Waals surface area (Å²) in [7, 11) is 0. The molecule has 0 saturated heterocycles. The van der Waals surface area contributed by atoms with Crippen LogP contribution in [-0.4, -0.2) is 17.0 Å². The smallest absolute Gasteiger partial charge is 0.337 e. The molecule has 28 heavy (non-hydrogen) atoms. The lowest BCUT2D eigenvalue weighted by Gasteiger charge is -2.11. The van der Waals surface area contributed by atoms with Crippen LogP contribution >= 0.6 is 11.6 Å². The van der Waals surface area contributed by atoms with Gasteiger partial charge in [0.05, 0.1) is 11.3 Å². The number of carbonyl (C=O) groups is 2. The predicted octanol–water partition coefficient (Wildman–Crippen LogP) is 5.48. The van der Waals surface area contributed by atoms with Crippen LogP contribution in [0.2, 0.25) is 5.02 Å². The van der Waals surface area contributed by atoms with Crippen molar-refractivity contribution < 1.29 is 19.4 Å². The number of carboxylic acids is 1. The molecule has 0 heterocycles. The Bertz CT molecular complexity index is 1010. The van der Waals surface area contributed by atoms with Gasteiger partial charge in [-0.1, -0.05) is 41.9 Å². The molecule has 0 fully saturated rings. The number of nitrogens with one attached hydrogen (secondary N) is 1. The number of carbonyl (C=O) groups excluding carboxylic acids is 1. The Morgan fingerprint density at radius 2 is 1.64 bits per heavy atom. The van der Waals surface area contributed by atoms with Gasteiger partial charge < -0.3 is 15.2 Å². The van der Waals surface area contributed by atoms with Crippen molar-refractivity contribution >= 4 is 35.2 Å². The lowest BCUT2D eigenvalue weighted by atomic mass is 10.1. The zero-order valence-corrected chi connectivity index (χ0v) is 15.4. The van der Waals surface area contributed by atoms with E-state index in [1.165, 1.54) is 24.3 Å². The third kappa shape index (κ3) is 5.22. The molecular weight excluding hydrogens is 378 g/mol. The molecule has 3 aromatic rings. The van der Waals surface area contributed by atoms with Crippen LogP contribution < -0.4 is 10.1 Å². The molecule has 0 aromatic heterocycles. The van der Waals surface area contributed by atoms with E-state index >= 15 is 0 Å². The van der Waals surface area contributed by atoms with Gasteiger partial charge in [-0.3, -0.25) is 4.79 Å². The highest BCUT2D eigenvalue weighted by Gasteiger charge is 2.13. The Morgan fingerprint density at radius 3 is 2.32 bits per heavy atom. The Labute approximate surface area is 166 Å². The van der Waals surface area contributed by atoms with Crippen LogP contribution in [0.3, 0.4) is 0 Å². The van der Waals surface area contributed by atoms with E-state index in [1.54, 1.807) is 42.5 Å². The second-order valence-corrected chi connectivity index (χ2v) is 6.24. The molecule has 0 unspecified atom stereocenters. The average molecular weight is 394 g/mol. The Kier molecular flexibility index (Phi) is 6.09. The number of hydrogen-bond donors (Lipinski definition) is 2. The third-order valence-electron chi connectivity index (χ3n) is 3.76. The van der Waals surface area contributed by atoms with Crippen molar-refractivity contribution in [3.05, 3.63) is 95.0 Å². The van der Waals surface area contributed by atoms with E-state index in [1.807, 2.05) is 18.2 Å². The lowest BCUT2D eigenvalue weighted by molar-refractivity contribution is -0.111. The van der Waals surface area contributed by atoms with Crippen molar-refractivity contribution in [1.82, 2.24) is 0 Å². The SMILES string of the molecule is O=C(C=Cc1ccc(Cl)cc1)Nc1cc(Oc2ccccc2)ccc1C(=O)O. The minimum atomic E-state index is -1.15. The van der Waals surface area contributed by atoms with Gasteiger partial charge in [-0.15, -0.1) is 0 Å². The monoisotopic (exact) mass is 393 g/mol. The lowest BCUT2D eigenvalue weighted by Crippen LogP contribution is -2.12. The first-order chi connectivity index (χ1) is 13.5. The molecule has 5 nitrogen and oxygen atoms in total. The molecule has 140 valence electrons. The Morgan fingerprint density at radius 1 is 0.929 bits per heavy atom. The zero-order chi connectivity index (χ0) is 19.9. The van der Waals surface area contributed by atoms with Crippen LogP contribution in [0.1, 0.15) is 15.9 Å². The number of halogens is 1. The maximum atomic E-state index is 12.2. The number of para-hydroxylation sites is 1. The summed E-state index contributed by atoms with van der Waals surface area (Å²) in [6, 6.07) is 20.4. The number of ether oxygens (including phenoxy) is 1. The molecule has 0 atom stereocenters. The van der Waals surface area contributed by atoms with Gasteiger partial charge in [0, 0.05) is 17.2 Å². The van der Waals surface area contributed by atoms with Crippen LogP contribution in [-0.2, 0) is 4.79 Å². The van der Waals surface area contributed by atoms with Crippen LogP contribution in [0.4, 0.5) is 5.69 Å². The molecule has 0 aliphatic carbocycles. The van der Waals surface area contributed by atoms with Gasteiger partial charge in [-0.25, -0.2) is 4.79 Å². The molecule has 6 heteroatoms. The number of anilines is 1. The molecule has 2 N–H and O–H groups in total. The van der Waals surface area contributed by atoms with Gasteiger partial charge in [0.2, 0.25) is 5.91 Å². The van der Waals surface area contributed by atoms with Gasteiger partial charge in [0.25, 0.3) is 0 Å². The summed E-state index contributed by atoms with van der Waals surface area (Å²) in [5.41, 5.74) is 0.902. The maximum Gasteiger partial charge on any atom is 0.337 e. The topological polar surface area (TPSA) is 75.6 Å². The summed E-state index contributed by atoms with van der Waals surface area (Å²) in [6.45, 7) is 0. The van der Waals surface area contributed by atoms with E-state index < -0.39 is 11.9 Å². The standard InChI is InChI=1S/C22H16ClNO4/c23-16-9-6-15(7-10-16)8-13-21(25)24-20-14-18(11-12-19(20)22(26)27)28-17-4-2-1-3-5-17/h1-14H,(H,24,25)(H,26,27). The van der Waals surface area contributed by atoms with Crippen LogP contribution in [0.25, 0.3) is 6.08 Å². The summed E-state index contributed by atoms with van der Waals surface area (Å²) in [5.74, 6) is -0.601. The van der Waals surface area contributed by atoms with Gasteiger partial charge in [0.15, 0.2) is 0 Å². The number of hydrogen-bond acceptors (Lipinski definition) is 3. The zero-order valence-electron chi connectivity index (χ0n) is 14.6. The fraction of sp³-hybridized carbons (Fsp3) is 0. The number of amides is 1. The van der Waals surface area contributed by atoms with Crippen molar-refractivity contribution in [1.29, 1.82) is 0 Å². The van der Waals surface area contributed by atoms with Crippen molar-refractivity contribution in [3.63, 3.8) is 0 Å². The van der Waals surface area contributed by atoms with Crippen LogP contribution in [0, 0.1) is 0 Å². The molecule has 0 saturated carbocycles. The van der Waals surface area contributed by atoms with Gasteiger partial charge in [-0.2, -0.15) is 0 Å². The van der Waals surface area contributed by atoms with Crippen molar-refractivity contribution in [2.45, 2.75) is 0 Å². The first kappa shape index (κ1) is 19.2. The largest absolute Gasteiger partial charge is 0.478 e. The normalized spacial score (nSPS) is 10.6. The molecule has 0 bridgehead atoms. The van der Waals surface area contributed by atoms with E-state index in [0.29, 0.717) is 16.5 Å². The average Bonchev–Trinajstić information content (AvgIpc) is 2.68. The molecule has 0 aliphatic rings. The highest BCUT2D eigenvalue weighted by molar-refractivity contribution is 6.30. The Balaban J connectivity index is 1.78. The van der Waals surface area contributed by atoms with Crippen molar-refractivity contribution in [2.24, 2.45) is 0 Å². The van der Waals surface area contributed by atoms with Crippen LogP contribution in [0.5, 0.6) is 11.5 Å². The van der Waals surface area contributed by atoms with E-state index in [9.17, 15) is 14.7 Å². The van der Waals surface area contributed by atoms with E-state index in [-0.39, 0.29) is 11.3 Å². The fourth-order valence-electron chi connectivity index (χ4n) is 2.42. The summed E-state index contributed by atoms with van der Waals surface area (Å²) in [6.07, 6.45) is 2.93. The second-order valence-electron chi connectivity index (χ2n) is 5.80. The predicted molar refractivity (Wildman–Crippen MR) is 109 cm³/mol. The Hall–Kier alpha value is -3.57. The number of rotatable bonds is 6. The minimum Gasteiger partial charge on any atom is -0.478 e. The first-order valence-corrected chi connectivity index (χ1v) is 8.74. The summed E-state index contributed by atoms with van der Waals surface area (Å²) in [5, 5.41) is 12.6. The summed E-state index contributed by atoms with van der Waals surface area (Å²) >= 11 is 5.83. The maximum absolute atomic E-state index is 12.2. The van der Waals surface area contributed by atoms with Crippen molar-refractivity contribution in [3.8, 4) is 11.5 Å². The molecule has 1 amide bonds. The first-order valence-electron chi connectivity index (χ1n) is 8.36. The molecular formula is C22H16ClNO4. The van der Waals surface area contributed by atoms with E-state index in [4.69, 9.17) is 16.3 Å². The van der Waals surface area contributed by atoms with Crippen molar-refractivity contribution in [2.75, 3.05) is 5.32 Å². The number of aromatic carboxylic acids is 1. The van der Waals surface area contributed by atoms with Gasteiger partial charge in [-0.05, 0) is 48.0 Å². The van der Waals surface area contributed by atoms with E-state index in [0.717, 1.165) is 5.56 Å². The van der Waals surface area contributed by atoms with Gasteiger partial charge in [0.1, 0.15) is 11.5 Å². The van der Waals surface area contributed by atoms with Gasteiger partial charge >= 0.3 is 5.97 Å². The molecule has 0 spiro atoms. The van der Waals surface area contributed by atoms with E-state index in [2.05, 4.69) is 5.32 Å². The van der Waals surface area contributed by atoms with Crippen LogP contribution in [0.15, 0.2) is 78.9 Å². The highest BCUT2D eigenvalue weighted by atomic mass is 35.5. The molecule has 0 radical (unpaired) electrons. The molecule has 3 aromatic carbocycles. The highest BCUT2D eigenvalue weighted by Crippen LogP contribution is 2.27. The quantitative estimate of drug-likeness (QED) is 0.543. The minimum absolute atomic E-state index is 0.0337. The summed E-state index contributed by atoms with van der Waals surface area (Å²) in [4.78, 5) is 23.7. The molecule has 0 aliphatic heterocycles.